The Labute approximate surface area is 138 Å². The van der Waals surface area contributed by atoms with Gasteiger partial charge in [0.2, 0.25) is 0 Å². The van der Waals surface area contributed by atoms with Crippen molar-refractivity contribution in [3.63, 3.8) is 0 Å². The smallest absolute Gasteiger partial charge is 0.345 e. The summed E-state index contributed by atoms with van der Waals surface area (Å²) in [5.41, 5.74) is 0.515. The zero-order chi connectivity index (χ0) is 16.8. The van der Waals surface area contributed by atoms with Gasteiger partial charge in [-0.3, -0.25) is 0 Å². The zero-order valence-corrected chi connectivity index (χ0v) is 13.2. The summed E-state index contributed by atoms with van der Waals surface area (Å²) in [6, 6.07) is 4.46. The van der Waals surface area contributed by atoms with Crippen molar-refractivity contribution >= 4 is 17.6 Å². The number of phenolic OH excluding ortho intramolecular Hbond substituents is 1. The van der Waals surface area contributed by atoms with E-state index < -0.39 is 12.7 Å². The van der Waals surface area contributed by atoms with Crippen LogP contribution >= 0.6 is 11.6 Å². The molecular formula is C15H19ClF2N2O3. The van der Waals surface area contributed by atoms with Crippen LogP contribution in [0.1, 0.15) is 31.2 Å². The second-order valence-corrected chi connectivity index (χ2v) is 5.85. The normalized spacial score (nSPS) is 21.2. The van der Waals surface area contributed by atoms with Crippen LogP contribution in [0.25, 0.3) is 0 Å². The van der Waals surface area contributed by atoms with E-state index in [9.17, 15) is 18.7 Å². The lowest BCUT2D eigenvalue weighted by molar-refractivity contribution is -0.170. The predicted octanol–water partition coefficient (Wildman–Crippen LogP) is 3.40. The van der Waals surface area contributed by atoms with Gasteiger partial charge in [-0.15, -0.1) is 0 Å². The number of hydrogen-bond donors (Lipinski definition) is 3. The summed E-state index contributed by atoms with van der Waals surface area (Å²) in [5, 5.41) is 15.4. The second kappa shape index (κ2) is 8.31. The molecule has 1 saturated carbocycles. The molecule has 0 radical (unpaired) electrons. The lowest BCUT2D eigenvalue weighted by atomic mass is 9.93. The minimum atomic E-state index is -2.75. The number of phenols is 1. The number of ether oxygens (including phenoxy) is 1. The summed E-state index contributed by atoms with van der Waals surface area (Å²) in [6.45, 7) is -2.61. The van der Waals surface area contributed by atoms with E-state index >= 15 is 0 Å². The molecule has 1 aromatic carbocycles. The van der Waals surface area contributed by atoms with E-state index in [4.69, 9.17) is 11.6 Å². The Balaban J connectivity index is 1.72. The first-order chi connectivity index (χ1) is 11.0. The molecule has 3 N–H and O–H groups in total. The molecule has 2 rings (SSSR count). The molecule has 23 heavy (non-hydrogen) atoms. The number of alkyl halides is 2. The third-order valence-electron chi connectivity index (χ3n) is 3.81. The molecule has 5 nitrogen and oxygen atoms in total. The number of rotatable bonds is 5. The monoisotopic (exact) mass is 348 g/mol. The van der Waals surface area contributed by atoms with Crippen LogP contribution in [0.4, 0.5) is 13.6 Å². The first-order valence-electron chi connectivity index (χ1n) is 7.40. The Morgan fingerprint density at radius 2 is 2.04 bits per heavy atom. The summed E-state index contributed by atoms with van der Waals surface area (Å²) in [4.78, 5) is 11.9. The Kier molecular flexibility index (Phi) is 6.41. The van der Waals surface area contributed by atoms with E-state index in [-0.39, 0.29) is 29.4 Å². The molecule has 1 aromatic rings. The van der Waals surface area contributed by atoms with Crippen LogP contribution in [-0.2, 0) is 11.3 Å². The van der Waals surface area contributed by atoms with Crippen LogP contribution in [-0.4, -0.2) is 29.9 Å². The molecule has 0 spiro atoms. The third kappa shape index (κ3) is 5.51. The average molecular weight is 349 g/mol. The molecule has 0 heterocycles. The summed E-state index contributed by atoms with van der Waals surface area (Å²) in [5.74, 6) is -0.0564. The van der Waals surface area contributed by atoms with Gasteiger partial charge >= 0.3 is 12.6 Å². The van der Waals surface area contributed by atoms with Crippen molar-refractivity contribution in [1.82, 2.24) is 10.6 Å². The summed E-state index contributed by atoms with van der Waals surface area (Å²) in [6.07, 6.45) is 1.72. The lowest BCUT2D eigenvalue weighted by Crippen LogP contribution is -2.44. The van der Waals surface area contributed by atoms with Gasteiger partial charge in [0.05, 0.1) is 11.1 Å². The number of carbonyl (C=O) groups excluding carboxylic acids is 1. The van der Waals surface area contributed by atoms with E-state index in [1.54, 1.807) is 18.2 Å². The molecule has 0 unspecified atom stereocenters. The molecule has 1 aliphatic carbocycles. The maximum Gasteiger partial charge on any atom is 0.345 e. The van der Waals surface area contributed by atoms with Crippen LogP contribution < -0.4 is 10.6 Å². The van der Waals surface area contributed by atoms with Gasteiger partial charge in [0.25, 0.3) is 0 Å². The van der Waals surface area contributed by atoms with Crippen LogP contribution in [0, 0.1) is 0 Å². The van der Waals surface area contributed by atoms with Crippen LogP contribution in [0.5, 0.6) is 5.75 Å². The quantitative estimate of drug-likeness (QED) is 0.763. The fraction of sp³-hybridized carbons (Fsp3) is 0.533. The van der Waals surface area contributed by atoms with Gasteiger partial charge in [-0.25, -0.2) is 4.79 Å². The number of carbonyl (C=O) groups is 1. The van der Waals surface area contributed by atoms with Crippen molar-refractivity contribution < 1.29 is 23.4 Å². The summed E-state index contributed by atoms with van der Waals surface area (Å²) >= 11 is 5.79. The van der Waals surface area contributed by atoms with Gasteiger partial charge in [0.15, 0.2) is 0 Å². The number of amides is 2. The highest BCUT2D eigenvalue weighted by Crippen LogP contribution is 2.26. The van der Waals surface area contributed by atoms with Crippen molar-refractivity contribution in [2.24, 2.45) is 0 Å². The molecule has 0 aromatic heterocycles. The van der Waals surface area contributed by atoms with Crippen LogP contribution in [0.2, 0.25) is 5.02 Å². The van der Waals surface area contributed by atoms with Crippen molar-refractivity contribution in [1.29, 1.82) is 0 Å². The van der Waals surface area contributed by atoms with E-state index in [0.29, 0.717) is 31.2 Å². The third-order valence-corrected chi connectivity index (χ3v) is 4.12. The van der Waals surface area contributed by atoms with Crippen LogP contribution in [0.15, 0.2) is 18.2 Å². The molecule has 0 bridgehead atoms. The Morgan fingerprint density at radius 1 is 1.35 bits per heavy atom. The minimum Gasteiger partial charge on any atom is -0.506 e. The highest BCUT2D eigenvalue weighted by atomic mass is 35.5. The van der Waals surface area contributed by atoms with E-state index in [0.717, 1.165) is 0 Å². The van der Waals surface area contributed by atoms with Gasteiger partial charge in [-0.2, -0.15) is 8.78 Å². The van der Waals surface area contributed by atoms with Gasteiger partial charge in [0, 0.05) is 18.2 Å². The van der Waals surface area contributed by atoms with Crippen LogP contribution in [0.3, 0.4) is 0 Å². The van der Waals surface area contributed by atoms with Gasteiger partial charge < -0.3 is 20.5 Å². The molecule has 0 saturated heterocycles. The number of benzene rings is 1. The van der Waals surface area contributed by atoms with Gasteiger partial charge in [-0.1, -0.05) is 23.7 Å². The molecule has 8 heteroatoms. The Hall–Kier alpha value is -1.60. The fourth-order valence-electron chi connectivity index (χ4n) is 2.60. The van der Waals surface area contributed by atoms with Crippen molar-refractivity contribution in [2.75, 3.05) is 0 Å². The van der Waals surface area contributed by atoms with E-state index in [1.165, 1.54) is 0 Å². The van der Waals surface area contributed by atoms with Crippen molar-refractivity contribution in [3.8, 4) is 5.75 Å². The lowest BCUT2D eigenvalue weighted by Gasteiger charge is -2.28. The van der Waals surface area contributed by atoms with E-state index in [2.05, 4.69) is 15.4 Å². The summed E-state index contributed by atoms with van der Waals surface area (Å²) in [7, 11) is 0. The average Bonchev–Trinajstić information content (AvgIpc) is 2.50. The number of hydrogen-bond acceptors (Lipinski definition) is 3. The molecule has 1 fully saturated rings. The number of halogens is 3. The zero-order valence-electron chi connectivity index (χ0n) is 12.4. The molecular weight excluding hydrogens is 330 g/mol. The first kappa shape index (κ1) is 17.7. The predicted molar refractivity (Wildman–Crippen MR) is 81.6 cm³/mol. The summed E-state index contributed by atoms with van der Waals surface area (Å²) < 4.78 is 28.7. The Morgan fingerprint density at radius 3 is 2.70 bits per heavy atom. The van der Waals surface area contributed by atoms with Crippen molar-refractivity contribution in [3.05, 3.63) is 28.8 Å². The molecule has 128 valence electrons. The number of urea groups is 1. The minimum absolute atomic E-state index is 0.0564. The maximum atomic E-state index is 12.1. The van der Waals surface area contributed by atoms with Gasteiger partial charge in [0.1, 0.15) is 5.75 Å². The first-order valence-corrected chi connectivity index (χ1v) is 7.78. The fourth-order valence-corrected chi connectivity index (χ4v) is 2.80. The SMILES string of the molecule is O=C(NCc1cccc(Cl)c1O)NC1CCC(OC(F)F)CC1. The molecule has 2 amide bonds. The molecule has 1 aliphatic rings. The highest BCUT2D eigenvalue weighted by molar-refractivity contribution is 6.32. The second-order valence-electron chi connectivity index (χ2n) is 5.44. The molecule has 0 aliphatic heterocycles. The standard InChI is InChI=1S/C15H19ClF2N2O3/c16-12-3-1-2-9(13(12)21)8-19-15(22)20-10-4-6-11(7-5-10)23-14(17)18/h1-3,10-11,14,21H,4-8H2,(H2,19,20,22). The largest absolute Gasteiger partial charge is 0.506 e. The Bertz CT molecular complexity index is 537. The molecule has 0 atom stereocenters. The number of aromatic hydroxyl groups is 1. The highest BCUT2D eigenvalue weighted by Gasteiger charge is 2.24. The maximum absolute atomic E-state index is 12.1. The topological polar surface area (TPSA) is 70.6 Å². The van der Waals surface area contributed by atoms with E-state index in [1.807, 2.05) is 0 Å². The van der Waals surface area contributed by atoms with Crippen molar-refractivity contribution in [2.45, 2.75) is 51.0 Å². The number of para-hydroxylation sites is 1. The van der Waals surface area contributed by atoms with Gasteiger partial charge in [-0.05, 0) is 31.7 Å². The number of nitrogens with one attached hydrogen (secondary N) is 2.